The van der Waals surface area contributed by atoms with Gasteiger partial charge in [0, 0.05) is 0 Å². The lowest BCUT2D eigenvalue weighted by molar-refractivity contribution is -0.154. The Hall–Kier alpha value is -0.530. The number of rotatable bonds is 6. The van der Waals surface area contributed by atoms with Crippen molar-refractivity contribution in [3.8, 4) is 0 Å². The summed E-state index contributed by atoms with van der Waals surface area (Å²) in [5.74, 6) is 2.29. The molecule has 0 amide bonds. The van der Waals surface area contributed by atoms with Crippen LogP contribution in [0.3, 0.4) is 0 Å². The van der Waals surface area contributed by atoms with Crippen molar-refractivity contribution in [1.82, 2.24) is 0 Å². The summed E-state index contributed by atoms with van der Waals surface area (Å²) < 4.78 is 5.71. The molecule has 2 heteroatoms. The van der Waals surface area contributed by atoms with Crippen molar-refractivity contribution in [1.29, 1.82) is 0 Å². The van der Waals surface area contributed by atoms with Gasteiger partial charge in [-0.3, -0.25) is 4.79 Å². The monoisotopic (exact) mass is 336 g/mol. The zero-order valence-corrected chi connectivity index (χ0v) is 16.6. The standard InChI is InChI=1S/C22H40O2/c1-5-6-16-24-21(23)20(17-10-8-7-9-11-17)18-12-14-19(15-13-18)22(2,3)4/h17-20H,5-16H2,1-4H3. The predicted molar refractivity (Wildman–Crippen MR) is 101 cm³/mol. The molecule has 0 aromatic heterocycles. The molecule has 2 saturated carbocycles. The molecular formula is C22H40O2. The fourth-order valence-corrected chi connectivity index (χ4v) is 5.02. The van der Waals surface area contributed by atoms with Crippen molar-refractivity contribution in [2.45, 2.75) is 98.3 Å². The molecule has 0 heterocycles. The van der Waals surface area contributed by atoms with Gasteiger partial charge >= 0.3 is 5.97 Å². The normalized spacial score (nSPS) is 27.7. The van der Waals surface area contributed by atoms with Crippen LogP contribution in [0.15, 0.2) is 0 Å². The van der Waals surface area contributed by atoms with Gasteiger partial charge < -0.3 is 4.74 Å². The number of esters is 1. The van der Waals surface area contributed by atoms with Crippen LogP contribution >= 0.6 is 0 Å². The van der Waals surface area contributed by atoms with Crippen molar-refractivity contribution >= 4 is 5.97 Å². The van der Waals surface area contributed by atoms with Crippen LogP contribution < -0.4 is 0 Å². The molecular weight excluding hydrogens is 296 g/mol. The van der Waals surface area contributed by atoms with Gasteiger partial charge in [0.15, 0.2) is 0 Å². The van der Waals surface area contributed by atoms with Crippen molar-refractivity contribution < 1.29 is 9.53 Å². The maximum absolute atomic E-state index is 12.9. The van der Waals surface area contributed by atoms with Gasteiger partial charge in [-0.05, 0) is 68.1 Å². The smallest absolute Gasteiger partial charge is 0.309 e. The number of hydrogen-bond donors (Lipinski definition) is 0. The van der Waals surface area contributed by atoms with Gasteiger partial charge in [-0.15, -0.1) is 0 Å². The first-order valence-electron chi connectivity index (χ1n) is 10.6. The predicted octanol–water partition coefficient (Wildman–Crippen LogP) is 6.38. The second-order valence-corrected chi connectivity index (χ2v) is 9.42. The van der Waals surface area contributed by atoms with Crippen LogP contribution in [0.2, 0.25) is 0 Å². The molecule has 0 spiro atoms. The van der Waals surface area contributed by atoms with E-state index in [2.05, 4.69) is 27.7 Å². The van der Waals surface area contributed by atoms with Crippen LogP contribution in [-0.4, -0.2) is 12.6 Å². The van der Waals surface area contributed by atoms with Crippen molar-refractivity contribution in [3.63, 3.8) is 0 Å². The van der Waals surface area contributed by atoms with Gasteiger partial charge in [-0.25, -0.2) is 0 Å². The van der Waals surface area contributed by atoms with E-state index in [1.165, 1.54) is 57.8 Å². The first kappa shape index (κ1) is 19.8. The number of carbonyl (C=O) groups excluding carboxylic acids is 1. The Kier molecular flexibility index (Phi) is 7.62. The molecule has 0 aromatic carbocycles. The average Bonchev–Trinajstić information content (AvgIpc) is 2.56. The van der Waals surface area contributed by atoms with Crippen LogP contribution in [0, 0.1) is 29.1 Å². The van der Waals surface area contributed by atoms with Gasteiger partial charge in [-0.2, -0.15) is 0 Å². The number of hydrogen-bond acceptors (Lipinski definition) is 2. The molecule has 0 aromatic rings. The molecule has 0 saturated heterocycles. The summed E-state index contributed by atoms with van der Waals surface area (Å²) in [7, 11) is 0. The second-order valence-electron chi connectivity index (χ2n) is 9.42. The summed E-state index contributed by atoms with van der Waals surface area (Å²) in [6, 6.07) is 0. The van der Waals surface area contributed by atoms with Crippen molar-refractivity contribution in [2.24, 2.45) is 29.1 Å². The van der Waals surface area contributed by atoms with Gasteiger partial charge in [0.1, 0.15) is 0 Å². The molecule has 0 bridgehead atoms. The molecule has 2 nitrogen and oxygen atoms in total. The number of unbranched alkanes of at least 4 members (excludes halogenated alkanes) is 1. The highest BCUT2D eigenvalue weighted by Crippen LogP contribution is 2.45. The fraction of sp³-hybridized carbons (Fsp3) is 0.955. The molecule has 2 rings (SSSR count). The second kappa shape index (κ2) is 9.25. The van der Waals surface area contributed by atoms with Crippen LogP contribution in [0.25, 0.3) is 0 Å². The molecule has 0 N–H and O–H groups in total. The highest BCUT2D eigenvalue weighted by Gasteiger charge is 2.40. The highest BCUT2D eigenvalue weighted by atomic mass is 16.5. The minimum absolute atomic E-state index is 0.134. The van der Waals surface area contributed by atoms with E-state index in [1.54, 1.807) is 0 Å². The molecule has 24 heavy (non-hydrogen) atoms. The van der Waals surface area contributed by atoms with E-state index in [0.717, 1.165) is 18.8 Å². The summed E-state index contributed by atoms with van der Waals surface area (Å²) in [6.45, 7) is 9.89. The zero-order chi connectivity index (χ0) is 17.6. The van der Waals surface area contributed by atoms with Gasteiger partial charge in [0.25, 0.3) is 0 Å². The Labute approximate surface area is 150 Å². The maximum atomic E-state index is 12.9. The molecule has 1 unspecified atom stereocenters. The lowest BCUT2D eigenvalue weighted by Crippen LogP contribution is -2.37. The summed E-state index contributed by atoms with van der Waals surface area (Å²) in [5.41, 5.74) is 0.410. The van der Waals surface area contributed by atoms with Crippen LogP contribution in [-0.2, 0) is 9.53 Å². The molecule has 2 aliphatic carbocycles. The number of ether oxygens (including phenoxy) is 1. The van der Waals surface area contributed by atoms with E-state index < -0.39 is 0 Å². The third-order valence-corrected chi connectivity index (χ3v) is 6.68. The Bertz CT molecular complexity index is 368. The third kappa shape index (κ3) is 5.49. The Balaban J connectivity index is 1.98. The minimum Gasteiger partial charge on any atom is -0.465 e. The molecule has 0 radical (unpaired) electrons. The van der Waals surface area contributed by atoms with Crippen molar-refractivity contribution in [2.75, 3.05) is 6.61 Å². The van der Waals surface area contributed by atoms with E-state index in [0.29, 0.717) is 23.9 Å². The lowest BCUT2D eigenvalue weighted by Gasteiger charge is -2.41. The Morgan fingerprint density at radius 1 is 0.958 bits per heavy atom. The first-order chi connectivity index (χ1) is 11.4. The molecule has 0 aliphatic heterocycles. The van der Waals surface area contributed by atoms with Crippen LogP contribution in [0.4, 0.5) is 0 Å². The topological polar surface area (TPSA) is 26.3 Å². The van der Waals surface area contributed by atoms with Crippen LogP contribution in [0.5, 0.6) is 0 Å². The van der Waals surface area contributed by atoms with Crippen molar-refractivity contribution in [3.05, 3.63) is 0 Å². The summed E-state index contributed by atoms with van der Waals surface area (Å²) in [6.07, 6.45) is 13.6. The largest absolute Gasteiger partial charge is 0.465 e. The van der Waals surface area contributed by atoms with Crippen LogP contribution in [0.1, 0.15) is 98.3 Å². The molecule has 1 atom stereocenters. The summed E-state index contributed by atoms with van der Waals surface area (Å²) in [4.78, 5) is 12.9. The molecule has 2 aliphatic rings. The Morgan fingerprint density at radius 2 is 1.54 bits per heavy atom. The minimum atomic E-state index is 0.134. The third-order valence-electron chi connectivity index (χ3n) is 6.68. The number of carbonyl (C=O) groups is 1. The molecule has 2 fully saturated rings. The maximum Gasteiger partial charge on any atom is 0.309 e. The van der Waals surface area contributed by atoms with Gasteiger partial charge in [0.2, 0.25) is 0 Å². The lowest BCUT2D eigenvalue weighted by atomic mass is 9.64. The molecule has 140 valence electrons. The highest BCUT2D eigenvalue weighted by molar-refractivity contribution is 5.73. The van der Waals surface area contributed by atoms with E-state index >= 15 is 0 Å². The summed E-state index contributed by atoms with van der Waals surface area (Å²) >= 11 is 0. The zero-order valence-electron chi connectivity index (χ0n) is 16.6. The fourth-order valence-electron chi connectivity index (χ4n) is 5.02. The average molecular weight is 337 g/mol. The SMILES string of the molecule is CCCCOC(=O)C(C1CCCCC1)C1CCC(C(C)(C)C)CC1. The van der Waals surface area contributed by atoms with Gasteiger partial charge in [-0.1, -0.05) is 53.4 Å². The van der Waals surface area contributed by atoms with E-state index in [1.807, 2.05) is 0 Å². The Morgan fingerprint density at radius 3 is 2.08 bits per heavy atom. The first-order valence-corrected chi connectivity index (χ1v) is 10.6. The quantitative estimate of drug-likeness (QED) is 0.415. The van der Waals surface area contributed by atoms with Gasteiger partial charge in [0.05, 0.1) is 12.5 Å². The van der Waals surface area contributed by atoms with E-state index in [9.17, 15) is 4.79 Å². The summed E-state index contributed by atoms with van der Waals surface area (Å²) in [5, 5.41) is 0. The van der Waals surface area contributed by atoms with E-state index in [-0.39, 0.29) is 11.9 Å². The van der Waals surface area contributed by atoms with E-state index in [4.69, 9.17) is 4.74 Å².